The molecule has 0 rings (SSSR count). The molecule has 16 heavy (non-hydrogen) atoms. The molecular weight excluding hydrogens is 272 g/mol. The highest BCUT2D eigenvalue weighted by atomic mass is 32.2. The lowest BCUT2D eigenvalue weighted by atomic mass is 10.1. The number of hydrogen-bond acceptors (Lipinski definition) is 4. The van der Waals surface area contributed by atoms with Crippen LogP contribution in [0.15, 0.2) is 0 Å². The third-order valence-corrected chi connectivity index (χ3v) is 6.71. The average molecular weight is 299 g/mol. The van der Waals surface area contributed by atoms with Crippen molar-refractivity contribution in [3.63, 3.8) is 0 Å². The fourth-order valence-corrected chi connectivity index (χ4v) is 5.44. The maximum absolute atomic E-state index is 2.25. The van der Waals surface area contributed by atoms with Gasteiger partial charge in [-0.15, -0.1) is 0 Å². The van der Waals surface area contributed by atoms with Gasteiger partial charge in [-0.3, -0.25) is 0 Å². The third kappa shape index (κ3) is 9.43. The first kappa shape index (κ1) is 17.4. The third-order valence-electron chi connectivity index (χ3n) is 2.67. The van der Waals surface area contributed by atoms with E-state index in [2.05, 4.69) is 25.0 Å². The van der Waals surface area contributed by atoms with E-state index in [0.29, 0.717) is 0 Å². The average Bonchev–Trinajstić information content (AvgIpc) is 2.31. The summed E-state index contributed by atoms with van der Waals surface area (Å²) in [6.07, 6.45) is 14.6. The van der Waals surface area contributed by atoms with E-state index in [1.54, 1.807) is 0 Å². The zero-order valence-electron chi connectivity index (χ0n) is 11.0. The SMILES string of the molecule is CSCC(CCCCC(CSC)SC)SC. The molecule has 0 fully saturated rings. The van der Waals surface area contributed by atoms with Gasteiger partial charge in [-0.1, -0.05) is 12.8 Å². The molecule has 0 aliphatic carbocycles. The molecule has 0 nitrogen and oxygen atoms in total. The van der Waals surface area contributed by atoms with Crippen LogP contribution in [-0.4, -0.2) is 47.0 Å². The van der Waals surface area contributed by atoms with Gasteiger partial charge in [0.05, 0.1) is 0 Å². The van der Waals surface area contributed by atoms with Crippen LogP contribution in [0.3, 0.4) is 0 Å². The molecule has 0 amide bonds. The van der Waals surface area contributed by atoms with E-state index in [1.165, 1.54) is 37.2 Å². The highest BCUT2D eigenvalue weighted by molar-refractivity contribution is 8.03. The summed E-state index contributed by atoms with van der Waals surface area (Å²) in [5.41, 5.74) is 0. The second-order valence-electron chi connectivity index (χ2n) is 3.91. The lowest BCUT2D eigenvalue weighted by Crippen LogP contribution is -2.08. The Bertz CT molecular complexity index is 125. The summed E-state index contributed by atoms with van der Waals surface area (Å²) in [5, 5.41) is 1.76. The Kier molecular flexibility index (Phi) is 14.0. The normalized spacial score (nSPS) is 15.0. The van der Waals surface area contributed by atoms with Crippen LogP contribution in [0.4, 0.5) is 0 Å². The van der Waals surface area contributed by atoms with E-state index < -0.39 is 0 Å². The summed E-state index contributed by atoms with van der Waals surface area (Å²) in [6, 6.07) is 0. The Balaban J connectivity index is 3.48. The van der Waals surface area contributed by atoms with Gasteiger partial charge in [0.2, 0.25) is 0 Å². The van der Waals surface area contributed by atoms with Crippen molar-refractivity contribution in [3.05, 3.63) is 0 Å². The minimum Gasteiger partial charge on any atom is -0.164 e. The van der Waals surface area contributed by atoms with Crippen molar-refractivity contribution in [3.8, 4) is 0 Å². The number of unbranched alkanes of at least 4 members (excludes halogenated alkanes) is 1. The largest absolute Gasteiger partial charge is 0.164 e. The number of thioether (sulfide) groups is 4. The minimum atomic E-state index is 0.878. The number of rotatable bonds is 11. The fourth-order valence-electron chi connectivity index (χ4n) is 1.65. The van der Waals surface area contributed by atoms with E-state index in [1.807, 2.05) is 47.0 Å². The van der Waals surface area contributed by atoms with Gasteiger partial charge < -0.3 is 0 Å². The predicted octanol–water partition coefficient (Wildman–Crippen LogP) is 4.74. The Labute approximate surface area is 119 Å². The molecule has 0 aromatic rings. The summed E-state index contributed by atoms with van der Waals surface area (Å²) >= 11 is 8.04. The molecule has 2 atom stereocenters. The molecule has 0 spiro atoms. The smallest absolute Gasteiger partial charge is 0.0135 e. The van der Waals surface area contributed by atoms with Crippen LogP contribution in [0, 0.1) is 0 Å². The van der Waals surface area contributed by atoms with Crippen LogP contribution in [0.25, 0.3) is 0 Å². The second-order valence-corrected chi connectivity index (χ2v) is 8.01. The van der Waals surface area contributed by atoms with E-state index in [-0.39, 0.29) is 0 Å². The lowest BCUT2D eigenvalue weighted by Gasteiger charge is -2.15. The summed E-state index contributed by atoms with van der Waals surface area (Å²) < 4.78 is 0. The van der Waals surface area contributed by atoms with Gasteiger partial charge in [0, 0.05) is 22.0 Å². The van der Waals surface area contributed by atoms with Crippen LogP contribution in [0.1, 0.15) is 25.7 Å². The van der Waals surface area contributed by atoms with E-state index in [4.69, 9.17) is 0 Å². The lowest BCUT2D eigenvalue weighted by molar-refractivity contribution is 0.642. The Morgan fingerprint density at radius 1 is 0.688 bits per heavy atom. The first-order valence-corrected chi connectivity index (χ1v) is 11.2. The quantitative estimate of drug-likeness (QED) is 0.505. The van der Waals surface area contributed by atoms with Gasteiger partial charge in [-0.2, -0.15) is 47.0 Å². The first-order chi connectivity index (χ1) is 7.78. The number of hydrogen-bond donors (Lipinski definition) is 0. The second kappa shape index (κ2) is 12.8. The Hall–Kier alpha value is 1.40. The molecule has 0 radical (unpaired) electrons. The first-order valence-electron chi connectivity index (χ1n) is 5.81. The maximum atomic E-state index is 2.25. The van der Waals surface area contributed by atoms with Crippen LogP contribution in [0.2, 0.25) is 0 Å². The molecule has 0 aromatic heterocycles. The molecule has 98 valence electrons. The van der Waals surface area contributed by atoms with Crippen molar-refractivity contribution >= 4 is 47.0 Å². The van der Waals surface area contributed by atoms with Crippen molar-refractivity contribution < 1.29 is 0 Å². The van der Waals surface area contributed by atoms with Crippen LogP contribution >= 0.6 is 47.0 Å². The molecule has 0 aromatic carbocycles. The molecule has 0 saturated heterocycles. The van der Waals surface area contributed by atoms with E-state index in [9.17, 15) is 0 Å². The molecule has 2 unspecified atom stereocenters. The predicted molar refractivity (Wildman–Crippen MR) is 89.8 cm³/mol. The van der Waals surface area contributed by atoms with Gasteiger partial charge in [-0.05, 0) is 37.9 Å². The van der Waals surface area contributed by atoms with Gasteiger partial charge in [-0.25, -0.2) is 0 Å². The van der Waals surface area contributed by atoms with Crippen molar-refractivity contribution in [1.29, 1.82) is 0 Å². The highest BCUT2D eigenvalue weighted by Crippen LogP contribution is 2.22. The van der Waals surface area contributed by atoms with Crippen LogP contribution < -0.4 is 0 Å². The molecule has 0 aliphatic rings. The van der Waals surface area contributed by atoms with E-state index in [0.717, 1.165) is 10.5 Å². The summed E-state index contributed by atoms with van der Waals surface area (Å²) in [6.45, 7) is 0. The molecule has 0 heterocycles. The maximum Gasteiger partial charge on any atom is 0.0135 e. The monoisotopic (exact) mass is 298 g/mol. The Morgan fingerprint density at radius 2 is 1.06 bits per heavy atom. The standard InChI is InChI=1S/C12H26S4/c1-13-9-11(15-3)7-5-6-8-12(16-4)10-14-2/h11-12H,5-10H2,1-4H3. The molecular formula is C12H26S4. The van der Waals surface area contributed by atoms with Crippen molar-refractivity contribution in [2.24, 2.45) is 0 Å². The van der Waals surface area contributed by atoms with E-state index >= 15 is 0 Å². The molecule has 0 bridgehead atoms. The Morgan fingerprint density at radius 3 is 1.31 bits per heavy atom. The van der Waals surface area contributed by atoms with Gasteiger partial charge >= 0.3 is 0 Å². The van der Waals surface area contributed by atoms with Crippen molar-refractivity contribution in [2.75, 3.05) is 36.5 Å². The van der Waals surface area contributed by atoms with Crippen LogP contribution in [0.5, 0.6) is 0 Å². The molecule has 4 heteroatoms. The zero-order valence-corrected chi connectivity index (χ0v) is 14.3. The van der Waals surface area contributed by atoms with Gasteiger partial charge in [0.25, 0.3) is 0 Å². The summed E-state index contributed by atoms with van der Waals surface area (Å²) in [4.78, 5) is 0. The molecule has 0 aliphatic heterocycles. The van der Waals surface area contributed by atoms with Crippen LogP contribution in [-0.2, 0) is 0 Å². The van der Waals surface area contributed by atoms with Gasteiger partial charge in [0.1, 0.15) is 0 Å². The van der Waals surface area contributed by atoms with Crippen molar-refractivity contribution in [2.45, 2.75) is 36.2 Å². The molecule has 0 N–H and O–H groups in total. The van der Waals surface area contributed by atoms with Gasteiger partial charge in [0.15, 0.2) is 0 Å². The summed E-state index contributed by atoms with van der Waals surface area (Å²) in [7, 11) is 0. The fraction of sp³-hybridized carbons (Fsp3) is 1.00. The van der Waals surface area contributed by atoms with Crippen molar-refractivity contribution in [1.82, 2.24) is 0 Å². The topological polar surface area (TPSA) is 0 Å². The minimum absolute atomic E-state index is 0.878. The molecule has 0 saturated carbocycles. The summed E-state index contributed by atoms with van der Waals surface area (Å²) in [5.74, 6) is 2.63. The zero-order chi connectivity index (χ0) is 12.2. The highest BCUT2D eigenvalue weighted by Gasteiger charge is 2.08.